The minimum Gasteiger partial charge on any atom is -0.375 e. The van der Waals surface area contributed by atoms with Crippen LogP contribution < -0.4 is 11.3 Å². The van der Waals surface area contributed by atoms with Crippen molar-refractivity contribution < 1.29 is 0 Å². The smallest absolute Gasteiger partial charge is 0.251 e. The Morgan fingerprint density at radius 2 is 2.44 bits per heavy atom. The second kappa shape index (κ2) is 4.67. The van der Waals surface area contributed by atoms with Crippen molar-refractivity contribution in [1.82, 2.24) is 15.0 Å². The van der Waals surface area contributed by atoms with Crippen LogP contribution in [0.5, 0.6) is 0 Å². The maximum absolute atomic E-state index is 11.2. The molecular formula is C9H10N4OS2. The number of aromatic amines is 1. The molecule has 0 amide bonds. The zero-order valence-electron chi connectivity index (χ0n) is 8.56. The number of nitrogens with zero attached hydrogens (tertiary/aromatic N) is 2. The summed E-state index contributed by atoms with van der Waals surface area (Å²) < 4.78 is 0. The van der Waals surface area contributed by atoms with Crippen LogP contribution in [0.2, 0.25) is 0 Å². The molecule has 2 aromatic heterocycles. The molecule has 0 unspecified atom stereocenters. The van der Waals surface area contributed by atoms with Crippen LogP contribution >= 0.6 is 23.1 Å². The topological polar surface area (TPSA) is 84.7 Å². The molecular weight excluding hydrogens is 244 g/mol. The molecule has 0 atom stereocenters. The van der Waals surface area contributed by atoms with E-state index in [1.807, 2.05) is 0 Å². The highest BCUT2D eigenvalue weighted by molar-refractivity contribution is 7.98. The van der Waals surface area contributed by atoms with Gasteiger partial charge in [-0.2, -0.15) is 0 Å². The van der Waals surface area contributed by atoms with Gasteiger partial charge < -0.3 is 10.7 Å². The highest BCUT2D eigenvalue weighted by Crippen LogP contribution is 2.23. The fourth-order valence-corrected chi connectivity index (χ4v) is 2.78. The first kappa shape index (κ1) is 11.2. The van der Waals surface area contributed by atoms with Gasteiger partial charge in [0.05, 0.1) is 0 Å². The summed E-state index contributed by atoms with van der Waals surface area (Å²) in [4.78, 5) is 23.1. The van der Waals surface area contributed by atoms with E-state index in [0.29, 0.717) is 16.0 Å². The number of aryl methyl sites for hydroxylation is 1. The Kier molecular flexibility index (Phi) is 3.25. The normalized spacial score (nSPS) is 10.6. The molecule has 5 nitrogen and oxygen atoms in total. The Morgan fingerprint density at radius 3 is 3.06 bits per heavy atom. The molecule has 0 aliphatic carbocycles. The summed E-state index contributed by atoms with van der Waals surface area (Å²) in [5.41, 5.74) is 6.11. The number of nitrogen functional groups attached to an aromatic ring is 1. The van der Waals surface area contributed by atoms with E-state index in [9.17, 15) is 4.79 Å². The lowest BCUT2D eigenvalue weighted by molar-refractivity contribution is 0.905. The van der Waals surface area contributed by atoms with Gasteiger partial charge in [-0.05, 0) is 6.92 Å². The Labute approximate surface area is 100 Å². The number of aromatic nitrogens is 3. The van der Waals surface area contributed by atoms with E-state index >= 15 is 0 Å². The van der Waals surface area contributed by atoms with E-state index in [1.54, 1.807) is 13.1 Å². The number of hydrogen-bond acceptors (Lipinski definition) is 6. The zero-order chi connectivity index (χ0) is 11.5. The van der Waals surface area contributed by atoms with E-state index in [-0.39, 0.29) is 5.56 Å². The number of H-pyrrole nitrogens is 1. The molecule has 0 aliphatic rings. The molecule has 0 radical (unpaired) electrons. The Hall–Kier alpha value is -1.34. The predicted molar refractivity (Wildman–Crippen MR) is 65.7 cm³/mol. The minimum absolute atomic E-state index is 0.126. The molecule has 0 aliphatic heterocycles. The van der Waals surface area contributed by atoms with E-state index < -0.39 is 0 Å². The maximum atomic E-state index is 11.2. The van der Waals surface area contributed by atoms with Gasteiger partial charge >= 0.3 is 0 Å². The number of nitrogens with two attached hydrogens (primary N) is 1. The third-order valence-corrected chi connectivity index (χ3v) is 3.70. The highest BCUT2D eigenvalue weighted by Gasteiger charge is 2.02. The molecule has 0 saturated heterocycles. The summed E-state index contributed by atoms with van der Waals surface area (Å²) in [7, 11) is 0. The van der Waals surface area contributed by atoms with Crippen molar-refractivity contribution in [3.8, 4) is 0 Å². The van der Waals surface area contributed by atoms with Gasteiger partial charge in [-0.25, -0.2) is 9.97 Å². The SMILES string of the molecule is Cc1cc(=O)[nH]c(SCc2cnc(N)s2)n1. The fraction of sp³-hybridized carbons (Fsp3) is 0.222. The second-order valence-corrected chi connectivity index (χ2v) is 5.26. The molecule has 2 heterocycles. The first-order chi connectivity index (χ1) is 7.63. The van der Waals surface area contributed by atoms with Crippen LogP contribution in [0.1, 0.15) is 10.6 Å². The molecule has 0 bridgehead atoms. The van der Waals surface area contributed by atoms with E-state index in [2.05, 4.69) is 15.0 Å². The second-order valence-electron chi connectivity index (χ2n) is 3.15. The molecule has 7 heteroatoms. The van der Waals surface area contributed by atoms with Crippen LogP contribution in [-0.2, 0) is 5.75 Å². The van der Waals surface area contributed by atoms with Crippen molar-refractivity contribution in [2.75, 3.05) is 5.73 Å². The number of anilines is 1. The lowest BCUT2D eigenvalue weighted by Gasteiger charge is -1.99. The summed E-state index contributed by atoms with van der Waals surface area (Å²) in [6.45, 7) is 1.80. The van der Waals surface area contributed by atoms with Crippen LogP contribution in [0.15, 0.2) is 22.2 Å². The minimum atomic E-state index is -0.126. The van der Waals surface area contributed by atoms with Crippen molar-refractivity contribution in [2.24, 2.45) is 0 Å². The van der Waals surface area contributed by atoms with Crippen molar-refractivity contribution in [2.45, 2.75) is 17.8 Å². The average Bonchev–Trinajstić information content (AvgIpc) is 2.60. The molecule has 16 heavy (non-hydrogen) atoms. The summed E-state index contributed by atoms with van der Waals surface area (Å²) in [6.07, 6.45) is 1.74. The van der Waals surface area contributed by atoms with E-state index in [4.69, 9.17) is 5.73 Å². The van der Waals surface area contributed by atoms with Gasteiger partial charge in [0, 0.05) is 28.6 Å². The number of nitrogens with one attached hydrogen (secondary N) is 1. The van der Waals surface area contributed by atoms with Gasteiger partial charge in [-0.1, -0.05) is 11.8 Å². The van der Waals surface area contributed by atoms with Crippen molar-refractivity contribution in [3.05, 3.63) is 33.2 Å². The average molecular weight is 254 g/mol. The van der Waals surface area contributed by atoms with Crippen LogP contribution in [0.3, 0.4) is 0 Å². The Bertz CT molecular complexity index is 548. The van der Waals surface area contributed by atoms with Gasteiger partial charge in [0.2, 0.25) is 0 Å². The lowest BCUT2D eigenvalue weighted by atomic mass is 10.5. The predicted octanol–water partition coefficient (Wildman–Crippen LogP) is 1.41. The largest absolute Gasteiger partial charge is 0.375 e. The Balaban J connectivity index is 2.07. The number of thioether (sulfide) groups is 1. The first-order valence-electron chi connectivity index (χ1n) is 4.54. The zero-order valence-corrected chi connectivity index (χ0v) is 10.2. The fourth-order valence-electron chi connectivity index (χ4n) is 1.15. The molecule has 0 saturated carbocycles. The van der Waals surface area contributed by atoms with Gasteiger partial charge in [0.15, 0.2) is 10.3 Å². The summed E-state index contributed by atoms with van der Waals surface area (Å²) in [5.74, 6) is 0.710. The van der Waals surface area contributed by atoms with Gasteiger partial charge in [-0.3, -0.25) is 4.79 Å². The number of thiazole rings is 1. The molecule has 2 rings (SSSR count). The van der Waals surface area contributed by atoms with Crippen molar-refractivity contribution >= 4 is 28.2 Å². The van der Waals surface area contributed by atoms with Crippen LogP contribution in [0.4, 0.5) is 5.13 Å². The molecule has 3 N–H and O–H groups in total. The summed E-state index contributed by atoms with van der Waals surface area (Å²) in [5, 5.41) is 1.18. The third kappa shape index (κ3) is 2.83. The summed E-state index contributed by atoms with van der Waals surface area (Å²) in [6, 6.07) is 1.47. The van der Waals surface area contributed by atoms with Gasteiger partial charge in [0.1, 0.15) is 0 Å². The van der Waals surface area contributed by atoms with Crippen molar-refractivity contribution in [3.63, 3.8) is 0 Å². The molecule has 0 fully saturated rings. The molecule has 2 aromatic rings. The van der Waals surface area contributed by atoms with Crippen LogP contribution in [-0.4, -0.2) is 15.0 Å². The number of rotatable bonds is 3. The summed E-state index contributed by atoms with van der Waals surface area (Å²) >= 11 is 2.90. The number of hydrogen-bond donors (Lipinski definition) is 2. The van der Waals surface area contributed by atoms with E-state index in [1.165, 1.54) is 29.2 Å². The standard InChI is InChI=1S/C9H10N4OS2/c1-5-2-7(14)13-9(12-5)15-4-6-3-11-8(10)16-6/h2-3H,4H2,1H3,(H2,10,11)(H,12,13,14). The third-order valence-electron chi connectivity index (χ3n) is 1.77. The quantitative estimate of drug-likeness (QED) is 0.639. The molecule has 0 spiro atoms. The van der Waals surface area contributed by atoms with Crippen molar-refractivity contribution in [1.29, 1.82) is 0 Å². The van der Waals surface area contributed by atoms with E-state index in [0.717, 1.165) is 10.6 Å². The van der Waals surface area contributed by atoms with Crippen LogP contribution in [0.25, 0.3) is 0 Å². The van der Waals surface area contributed by atoms with Gasteiger partial charge in [-0.15, -0.1) is 11.3 Å². The van der Waals surface area contributed by atoms with Crippen LogP contribution in [0, 0.1) is 6.92 Å². The Morgan fingerprint density at radius 1 is 1.62 bits per heavy atom. The lowest BCUT2D eigenvalue weighted by Crippen LogP contribution is -2.07. The highest BCUT2D eigenvalue weighted by atomic mass is 32.2. The van der Waals surface area contributed by atoms with Gasteiger partial charge in [0.25, 0.3) is 5.56 Å². The first-order valence-corrected chi connectivity index (χ1v) is 6.34. The molecule has 84 valence electrons. The molecule has 0 aromatic carbocycles. The maximum Gasteiger partial charge on any atom is 0.251 e. The monoisotopic (exact) mass is 254 g/mol.